The molecule has 172 valence electrons. The summed E-state index contributed by atoms with van der Waals surface area (Å²) in [6, 6.07) is 10.6. The van der Waals surface area contributed by atoms with Crippen LogP contribution in [0.5, 0.6) is 11.5 Å². The molecule has 1 saturated heterocycles. The molecule has 0 unspecified atom stereocenters. The van der Waals surface area contributed by atoms with Crippen LogP contribution in [-0.4, -0.2) is 37.0 Å². The SMILES string of the molecule is CCOc1cc(/C=C2/C(=O)NC(=O)N(c3ccc(C(C)C)cc3)C2=O)ccc1OCC(=O)[O-]. The number of aliphatic carboxylic acids is 1. The van der Waals surface area contributed by atoms with Crippen LogP contribution in [0.2, 0.25) is 0 Å². The molecule has 0 bridgehead atoms. The topological polar surface area (TPSA) is 125 Å². The van der Waals surface area contributed by atoms with Crippen molar-refractivity contribution in [1.82, 2.24) is 5.32 Å². The van der Waals surface area contributed by atoms with Crippen molar-refractivity contribution in [2.75, 3.05) is 18.1 Å². The van der Waals surface area contributed by atoms with Gasteiger partial charge in [-0.15, -0.1) is 0 Å². The largest absolute Gasteiger partial charge is 0.546 e. The molecule has 2 aromatic rings. The number of urea groups is 1. The average Bonchev–Trinajstić information content (AvgIpc) is 2.76. The Labute approximate surface area is 190 Å². The summed E-state index contributed by atoms with van der Waals surface area (Å²) in [5, 5.41) is 12.8. The van der Waals surface area contributed by atoms with Gasteiger partial charge >= 0.3 is 6.03 Å². The number of benzene rings is 2. The van der Waals surface area contributed by atoms with Crippen molar-refractivity contribution >= 4 is 35.6 Å². The molecule has 0 saturated carbocycles. The van der Waals surface area contributed by atoms with Crippen LogP contribution in [-0.2, 0) is 14.4 Å². The molecule has 1 aliphatic heterocycles. The van der Waals surface area contributed by atoms with Gasteiger partial charge in [0.15, 0.2) is 11.5 Å². The van der Waals surface area contributed by atoms with E-state index in [4.69, 9.17) is 9.47 Å². The molecule has 0 aliphatic carbocycles. The summed E-state index contributed by atoms with van der Waals surface area (Å²) in [6.45, 7) is 5.40. The lowest BCUT2D eigenvalue weighted by Crippen LogP contribution is -2.54. The molecule has 1 fully saturated rings. The summed E-state index contributed by atoms with van der Waals surface area (Å²) in [5.41, 5.74) is 1.55. The molecule has 0 aromatic heterocycles. The maximum Gasteiger partial charge on any atom is 0.335 e. The van der Waals surface area contributed by atoms with Gasteiger partial charge in [0.1, 0.15) is 12.2 Å². The van der Waals surface area contributed by atoms with E-state index in [1.165, 1.54) is 24.3 Å². The van der Waals surface area contributed by atoms with E-state index < -0.39 is 30.4 Å². The third kappa shape index (κ3) is 5.38. The maximum atomic E-state index is 13.1. The number of carbonyl (C=O) groups is 4. The van der Waals surface area contributed by atoms with E-state index in [1.54, 1.807) is 19.1 Å². The summed E-state index contributed by atoms with van der Waals surface area (Å²) in [5.74, 6) is -2.30. The number of nitrogens with zero attached hydrogens (tertiary/aromatic N) is 1. The molecule has 0 atom stereocenters. The van der Waals surface area contributed by atoms with E-state index in [-0.39, 0.29) is 29.6 Å². The molecular weight excluding hydrogens is 428 g/mol. The highest BCUT2D eigenvalue weighted by molar-refractivity contribution is 6.39. The van der Waals surface area contributed by atoms with E-state index in [0.29, 0.717) is 11.3 Å². The van der Waals surface area contributed by atoms with Crippen LogP contribution in [0.4, 0.5) is 10.5 Å². The first-order valence-electron chi connectivity index (χ1n) is 10.3. The lowest BCUT2D eigenvalue weighted by atomic mass is 10.0. The smallest absolute Gasteiger partial charge is 0.335 e. The zero-order valence-electron chi connectivity index (χ0n) is 18.4. The molecule has 2 aromatic carbocycles. The van der Waals surface area contributed by atoms with Crippen LogP contribution in [0.3, 0.4) is 0 Å². The van der Waals surface area contributed by atoms with Crippen LogP contribution < -0.4 is 24.8 Å². The van der Waals surface area contributed by atoms with Gasteiger partial charge in [-0.2, -0.15) is 0 Å². The summed E-state index contributed by atoms with van der Waals surface area (Å²) in [4.78, 5) is 49.5. The Morgan fingerprint density at radius 2 is 1.76 bits per heavy atom. The van der Waals surface area contributed by atoms with Crippen molar-refractivity contribution in [1.29, 1.82) is 0 Å². The van der Waals surface area contributed by atoms with Crippen LogP contribution in [0, 0.1) is 0 Å². The van der Waals surface area contributed by atoms with Crippen molar-refractivity contribution in [2.45, 2.75) is 26.7 Å². The normalized spacial score (nSPS) is 15.1. The van der Waals surface area contributed by atoms with Crippen molar-refractivity contribution in [3.63, 3.8) is 0 Å². The van der Waals surface area contributed by atoms with Gasteiger partial charge in [-0.1, -0.05) is 32.0 Å². The van der Waals surface area contributed by atoms with Crippen LogP contribution in [0.1, 0.15) is 37.8 Å². The monoisotopic (exact) mass is 451 g/mol. The van der Waals surface area contributed by atoms with E-state index in [0.717, 1.165) is 10.5 Å². The van der Waals surface area contributed by atoms with Gasteiger partial charge in [-0.25, -0.2) is 9.69 Å². The second kappa shape index (κ2) is 9.99. The average molecular weight is 451 g/mol. The summed E-state index contributed by atoms with van der Waals surface area (Å²) < 4.78 is 10.6. The van der Waals surface area contributed by atoms with E-state index >= 15 is 0 Å². The fraction of sp³-hybridized carbons (Fsp3) is 0.250. The van der Waals surface area contributed by atoms with Crippen LogP contribution >= 0.6 is 0 Å². The first-order valence-corrected chi connectivity index (χ1v) is 10.3. The highest BCUT2D eigenvalue weighted by atomic mass is 16.5. The van der Waals surface area contributed by atoms with Crippen LogP contribution in [0.25, 0.3) is 6.08 Å². The molecule has 3 rings (SSSR count). The second-order valence-electron chi connectivity index (χ2n) is 7.50. The molecule has 0 radical (unpaired) electrons. The Morgan fingerprint density at radius 1 is 1.06 bits per heavy atom. The predicted octanol–water partition coefficient (Wildman–Crippen LogP) is 2.00. The number of hydrogen-bond acceptors (Lipinski definition) is 7. The predicted molar refractivity (Wildman–Crippen MR) is 118 cm³/mol. The molecule has 0 spiro atoms. The van der Waals surface area contributed by atoms with Crippen molar-refractivity contribution < 1.29 is 33.8 Å². The zero-order valence-corrected chi connectivity index (χ0v) is 18.4. The van der Waals surface area contributed by atoms with Gasteiger partial charge in [0, 0.05) is 0 Å². The first kappa shape index (κ1) is 23.5. The number of hydrogen-bond donors (Lipinski definition) is 1. The third-order valence-corrected chi connectivity index (χ3v) is 4.84. The summed E-state index contributed by atoms with van der Waals surface area (Å²) >= 11 is 0. The number of nitrogens with one attached hydrogen (secondary N) is 1. The number of rotatable bonds is 8. The fourth-order valence-corrected chi connectivity index (χ4v) is 3.21. The molecule has 9 nitrogen and oxygen atoms in total. The molecule has 9 heteroatoms. The van der Waals surface area contributed by atoms with Crippen molar-refractivity contribution in [3.05, 3.63) is 59.2 Å². The fourth-order valence-electron chi connectivity index (χ4n) is 3.21. The minimum Gasteiger partial charge on any atom is -0.546 e. The first-order chi connectivity index (χ1) is 15.7. The number of carbonyl (C=O) groups excluding carboxylic acids is 4. The van der Waals surface area contributed by atoms with E-state index in [1.807, 2.05) is 26.0 Å². The van der Waals surface area contributed by atoms with Gasteiger partial charge in [0.05, 0.1) is 18.3 Å². The number of barbiturate groups is 1. The number of anilines is 1. The van der Waals surface area contributed by atoms with Gasteiger partial charge in [-0.05, 0) is 54.3 Å². The standard InChI is InChI=1S/C24H24N2O7/c1-4-32-20-12-15(5-10-19(20)33-13-21(27)28)11-18-22(29)25-24(31)26(23(18)30)17-8-6-16(7-9-17)14(2)3/h5-12,14H,4,13H2,1-3H3,(H,27,28)(H,25,29,31)/p-1/b18-11-. The quantitative estimate of drug-likeness (QED) is 0.481. The second-order valence-corrected chi connectivity index (χ2v) is 7.50. The van der Waals surface area contributed by atoms with Gasteiger partial charge < -0.3 is 19.4 Å². The van der Waals surface area contributed by atoms with Crippen LogP contribution in [0.15, 0.2) is 48.0 Å². The number of amides is 4. The minimum absolute atomic E-state index is 0.171. The van der Waals surface area contributed by atoms with Gasteiger partial charge in [0.25, 0.3) is 11.8 Å². The molecule has 1 aliphatic rings. The molecular formula is C24H23N2O7-. The Bertz CT molecular complexity index is 1120. The van der Waals surface area contributed by atoms with Gasteiger partial charge in [0.2, 0.25) is 0 Å². The third-order valence-electron chi connectivity index (χ3n) is 4.84. The highest BCUT2D eigenvalue weighted by Gasteiger charge is 2.36. The Balaban J connectivity index is 1.93. The number of carboxylic acids is 1. The lowest BCUT2D eigenvalue weighted by molar-refractivity contribution is -0.307. The lowest BCUT2D eigenvalue weighted by Gasteiger charge is -2.26. The van der Waals surface area contributed by atoms with E-state index in [9.17, 15) is 24.3 Å². The molecule has 4 amide bonds. The number of carboxylic acid groups (broad SMARTS) is 1. The molecule has 33 heavy (non-hydrogen) atoms. The minimum atomic E-state index is -1.39. The Hall–Kier alpha value is -4.14. The number of ether oxygens (including phenoxy) is 2. The zero-order chi connectivity index (χ0) is 24.1. The summed E-state index contributed by atoms with van der Waals surface area (Å²) in [6.07, 6.45) is 1.32. The maximum absolute atomic E-state index is 13.1. The van der Waals surface area contributed by atoms with Gasteiger partial charge in [-0.3, -0.25) is 14.9 Å². The Kier molecular flexibility index (Phi) is 7.12. The molecule has 1 N–H and O–H groups in total. The Morgan fingerprint density at radius 3 is 2.36 bits per heavy atom. The molecule has 1 heterocycles. The highest BCUT2D eigenvalue weighted by Crippen LogP contribution is 2.30. The number of imide groups is 2. The van der Waals surface area contributed by atoms with E-state index in [2.05, 4.69) is 5.32 Å². The van der Waals surface area contributed by atoms with Crippen molar-refractivity contribution in [2.24, 2.45) is 0 Å². The van der Waals surface area contributed by atoms with Crippen molar-refractivity contribution in [3.8, 4) is 11.5 Å². The summed E-state index contributed by atoms with van der Waals surface area (Å²) in [7, 11) is 0.